The Hall–Kier alpha value is -8.08. The number of hydrogen-bond donors (Lipinski definition) is 8. The van der Waals surface area contributed by atoms with Gasteiger partial charge < -0.3 is 67.0 Å². The number of imidazole rings is 2. The lowest BCUT2D eigenvalue weighted by atomic mass is 10.1. The highest BCUT2D eigenvalue weighted by Crippen LogP contribution is 2.28. The van der Waals surface area contributed by atoms with E-state index in [9.17, 15) is 28.8 Å². The second kappa shape index (κ2) is 22.0. The minimum Gasteiger partial charge on any atom is -0.494 e. The van der Waals surface area contributed by atoms with Gasteiger partial charge in [0.05, 0.1) is 37.1 Å². The van der Waals surface area contributed by atoms with Gasteiger partial charge >= 0.3 is 5.97 Å². The Labute approximate surface area is 377 Å². The quantitative estimate of drug-likeness (QED) is 0.0158. The van der Waals surface area contributed by atoms with Gasteiger partial charge in [0.1, 0.15) is 40.0 Å². The van der Waals surface area contributed by atoms with Crippen LogP contribution in [0.5, 0.6) is 11.5 Å². The Kier molecular flexibility index (Phi) is 16.3. The molecule has 1 atom stereocenters. The van der Waals surface area contributed by atoms with Crippen LogP contribution < -0.4 is 49.0 Å². The maximum absolute atomic E-state index is 13.8. The first-order valence-electron chi connectivity index (χ1n) is 20.8. The van der Waals surface area contributed by atoms with E-state index < -0.39 is 41.5 Å². The van der Waals surface area contributed by atoms with E-state index in [0.29, 0.717) is 40.9 Å². The number of aromatic amines is 2. The van der Waals surface area contributed by atoms with E-state index in [0.717, 1.165) is 0 Å². The van der Waals surface area contributed by atoms with E-state index in [1.54, 1.807) is 41.2 Å². The Morgan fingerprint density at radius 3 is 2.02 bits per heavy atom. The number of esters is 1. The number of aryl methyl sites for hydroxylation is 2. The zero-order chi connectivity index (χ0) is 48.2. The fraction of sp³-hybridized carbons (Fsp3) is 0.349. The monoisotopic (exact) mass is 910 g/mol. The molecule has 0 fully saturated rings. The van der Waals surface area contributed by atoms with Gasteiger partial charge in [0.15, 0.2) is 0 Å². The molecule has 3 heterocycles. The molecule has 12 N–H and O–H groups in total. The lowest BCUT2D eigenvalue weighted by Crippen LogP contribution is -2.33. The first-order valence-corrected chi connectivity index (χ1v) is 20.8. The number of aromatic nitrogens is 6. The van der Waals surface area contributed by atoms with Gasteiger partial charge in [-0.15, -0.1) is 0 Å². The maximum atomic E-state index is 13.8. The molecule has 0 aliphatic heterocycles. The van der Waals surface area contributed by atoms with Crippen molar-refractivity contribution in [3.63, 3.8) is 0 Å². The topological polar surface area (TPSA) is 354 Å². The fourth-order valence-electron chi connectivity index (χ4n) is 6.79. The number of benzene rings is 2. The van der Waals surface area contributed by atoms with Crippen molar-refractivity contribution < 1.29 is 43.0 Å². The number of likely N-dealkylation sites (N-methyl/N-ethyl adjacent to an activating group) is 1. The third-order valence-corrected chi connectivity index (χ3v) is 9.81. The standard InChI is InChI=1S/C43H54N14O9/c1-6-49-30(17-23(3)44)39(61)52-42-50-28-19-25(37(47)59)21-32(64-5)35(28)55(42)13-8-9-14-56-36-29(51-43(56)53-40(62)31-18-24(4)54-57(31)7-2)20-26(38(48)60)22-33(36)65-15-10-16-66-41(63)27(45)11-12-34(46)58/h8-9,17-22,27,44,49H,6-7,10-16,45H2,1-5H3,(H2,46,58)(H2,47,59)(H2,48,60)(H,50,52,61)(H,51,53,62)/b9-8+,30-17-,44-23?/t27-/m0/s1. The molecule has 0 radical (unpaired) electrons. The van der Waals surface area contributed by atoms with Crippen LogP contribution in [0.15, 0.2) is 64.2 Å². The van der Waals surface area contributed by atoms with Crippen molar-refractivity contribution in [2.75, 3.05) is 26.9 Å². The van der Waals surface area contributed by atoms with Crippen LogP contribution in [0.3, 0.4) is 0 Å². The van der Waals surface area contributed by atoms with Crippen molar-refractivity contribution in [1.29, 1.82) is 5.41 Å². The van der Waals surface area contributed by atoms with Crippen LogP contribution in [-0.4, -0.2) is 103 Å². The van der Waals surface area contributed by atoms with Crippen molar-refractivity contribution in [2.45, 2.75) is 72.6 Å². The second-order valence-corrected chi connectivity index (χ2v) is 14.8. The van der Waals surface area contributed by atoms with Gasteiger partial charge in [-0.05, 0) is 70.5 Å². The third-order valence-electron chi connectivity index (χ3n) is 9.81. The van der Waals surface area contributed by atoms with Crippen LogP contribution in [-0.2, 0) is 38.8 Å². The van der Waals surface area contributed by atoms with E-state index in [1.807, 2.05) is 6.92 Å². The number of hydrogen-bond acceptors (Lipinski definition) is 13. The number of nitrogens with zero attached hydrogens (tertiary/aromatic N) is 6. The Morgan fingerprint density at radius 1 is 0.879 bits per heavy atom. The first-order chi connectivity index (χ1) is 31.4. The molecule has 0 unspecified atom stereocenters. The van der Waals surface area contributed by atoms with E-state index in [2.05, 4.69) is 30.4 Å². The molecule has 23 nitrogen and oxygen atoms in total. The number of carbonyl (C=O) groups is 6. The lowest BCUT2D eigenvalue weighted by molar-refractivity contribution is -0.145. The average Bonchev–Trinajstić information content (AvgIpc) is 3.94. The highest BCUT2D eigenvalue weighted by molar-refractivity contribution is 6.02. The van der Waals surface area contributed by atoms with Crippen molar-refractivity contribution in [3.8, 4) is 11.5 Å². The number of nitrogens with one attached hydrogen (secondary N) is 4. The summed E-state index contributed by atoms with van der Waals surface area (Å²) in [5, 5.41) is 15.2. The summed E-state index contributed by atoms with van der Waals surface area (Å²) >= 11 is 0. The SMILES string of the molecule is CCN/C(=C\C(C)=N)C(=O)/N=c1/[nH]c2cc(C(N)=O)cc(OC)c2n1C/C=C/Cn1/c(=N/C(=O)c2cc(C)nn2CC)[nH]c2cc(C(N)=O)cc(OCCCOC(=O)[C@@H](N)CCC(N)=O)c21. The number of ether oxygens (including phenoxy) is 3. The summed E-state index contributed by atoms with van der Waals surface area (Å²) in [6.45, 7) is 7.76. The van der Waals surface area contributed by atoms with Crippen molar-refractivity contribution in [3.05, 3.63) is 88.0 Å². The Bertz CT molecular complexity index is 2910. The molecule has 0 bridgehead atoms. The first kappa shape index (κ1) is 48.9. The summed E-state index contributed by atoms with van der Waals surface area (Å²) in [4.78, 5) is 90.5. The van der Waals surface area contributed by atoms with Crippen LogP contribution in [0.4, 0.5) is 0 Å². The summed E-state index contributed by atoms with van der Waals surface area (Å²) in [6.07, 6.45) is 5.04. The number of primary amides is 3. The van der Waals surface area contributed by atoms with Gasteiger partial charge in [-0.1, -0.05) is 12.2 Å². The number of carbonyl (C=O) groups excluding carboxylic acids is 6. The molecule has 3 aromatic heterocycles. The summed E-state index contributed by atoms with van der Waals surface area (Å²) in [6, 6.07) is 6.51. The molecule has 0 saturated carbocycles. The second-order valence-electron chi connectivity index (χ2n) is 14.8. The van der Waals surface area contributed by atoms with Gasteiger partial charge in [0.2, 0.25) is 29.0 Å². The summed E-state index contributed by atoms with van der Waals surface area (Å²) in [7, 11) is 1.42. The van der Waals surface area contributed by atoms with E-state index >= 15 is 0 Å². The van der Waals surface area contributed by atoms with Crippen LogP contribution >= 0.6 is 0 Å². The number of fused-ring (bicyclic) bond motifs is 2. The molecule has 350 valence electrons. The maximum Gasteiger partial charge on any atom is 0.322 e. The molecule has 0 saturated heterocycles. The molecular weight excluding hydrogens is 857 g/mol. The molecule has 0 aliphatic carbocycles. The Balaban J connectivity index is 1.58. The molecule has 0 spiro atoms. The smallest absolute Gasteiger partial charge is 0.322 e. The zero-order valence-corrected chi connectivity index (χ0v) is 37.2. The molecule has 2 aromatic carbocycles. The molecule has 5 amide bonds. The molecule has 23 heteroatoms. The minimum absolute atomic E-state index is 0.00587. The number of H-pyrrole nitrogens is 2. The van der Waals surface area contributed by atoms with E-state index in [4.69, 9.17) is 42.6 Å². The molecular formula is C43H54N14O9. The number of allylic oxidation sites excluding steroid dienone is 3. The van der Waals surface area contributed by atoms with Crippen LogP contribution in [0.2, 0.25) is 0 Å². The molecule has 66 heavy (non-hydrogen) atoms. The average molecular weight is 911 g/mol. The lowest BCUT2D eigenvalue weighted by Gasteiger charge is -2.13. The highest BCUT2D eigenvalue weighted by atomic mass is 16.5. The van der Waals surface area contributed by atoms with Gasteiger partial charge in [-0.25, -0.2) is 0 Å². The van der Waals surface area contributed by atoms with Crippen molar-refractivity contribution in [1.82, 2.24) is 34.2 Å². The molecule has 0 aliphatic rings. The van der Waals surface area contributed by atoms with Gasteiger partial charge in [0.25, 0.3) is 11.8 Å². The normalized spacial score (nSPS) is 12.8. The Morgan fingerprint density at radius 2 is 1.47 bits per heavy atom. The summed E-state index contributed by atoms with van der Waals surface area (Å²) in [5.74, 6) is -3.59. The van der Waals surface area contributed by atoms with Gasteiger partial charge in [-0.3, -0.25) is 33.4 Å². The van der Waals surface area contributed by atoms with E-state index in [1.165, 1.54) is 49.1 Å². The third kappa shape index (κ3) is 11.9. The molecule has 5 aromatic rings. The van der Waals surface area contributed by atoms with Gasteiger partial charge in [0, 0.05) is 55.9 Å². The number of nitrogens with two attached hydrogens (primary N) is 4. The van der Waals surface area contributed by atoms with Crippen LogP contribution in [0, 0.1) is 12.3 Å². The van der Waals surface area contributed by atoms with Crippen molar-refractivity contribution in [2.24, 2.45) is 32.9 Å². The summed E-state index contributed by atoms with van der Waals surface area (Å²) < 4.78 is 21.9. The largest absolute Gasteiger partial charge is 0.494 e. The minimum atomic E-state index is -1.04. The zero-order valence-electron chi connectivity index (χ0n) is 37.2. The van der Waals surface area contributed by atoms with Crippen LogP contribution in [0.1, 0.15) is 76.9 Å². The predicted octanol–water partition coefficient (Wildman–Crippen LogP) is 0.846. The van der Waals surface area contributed by atoms with Crippen molar-refractivity contribution >= 4 is 63.3 Å². The number of rotatable bonds is 22. The van der Waals surface area contributed by atoms with Gasteiger partial charge in [-0.2, -0.15) is 15.1 Å². The number of methoxy groups -OCH3 is 1. The predicted molar refractivity (Wildman–Crippen MR) is 241 cm³/mol. The fourth-order valence-corrected chi connectivity index (χ4v) is 6.79. The molecule has 5 rings (SSSR count). The highest BCUT2D eigenvalue weighted by Gasteiger charge is 2.20. The summed E-state index contributed by atoms with van der Waals surface area (Å²) in [5.41, 5.74) is 25.4. The van der Waals surface area contributed by atoms with Crippen LogP contribution in [0.25, 0.3) is 22.1 Å². The van der Waals surface area contributed by atoms with E-state index in [-0.39, 0.29) is 96.5 Å². The number of amides is 5.